The Morgan fingerprint density at radius 2 is 1.85 bits per heavy atom. The van der Waals surface area contributed by atoms with Crippen LogP contribution in [-0.2, 0) is 11.2 Å². The van der Waals surface area contributed by atoms with E-state index in [0.717, 1.165) is 5.56 Å². The first kappa shape index (κ1) is 9.93. The molecular formula is C11H14O2. The topological polar surface area (TPSA) is 37.3 Å². The molecule has 0 aliphatic heterocycles. The third-order valence-electron chi connectivity index (χ3n) is 1.89. The average molecular weight is 178 g/mol. The van der Waals surface area contributed by atoms with Gasteiger partial charge in [-0.15, -0.1) is 0 Å². The highest BCUT2D eigenvalue weighted by atomic mass is 16.3. The molecule has 0 bridgehead atoms. The first-order valence-corrected chi connectivity index (χ1v) is 4.30. The van der Waals surface area contributed by atoms with Crippen molar-refractivity contribution in [1.29, 1.82) is 0 Å². The van der Waals surface area contributed by atoms with Gasteiger partial charge in [0.05, 0.1) is 0 Å². The van der Waals surface area contributed by atoms with Crippen molar-refractivity contribution < 1.29 is 9.90 Å². The number of hydrogen-bond acceptors (Lipinski definition) is 2. The number of carbonyl (C=O) groups is 1. The molecule has 0 aliphatic carbocycles. The summed E-state index contributed by atoms with van der Waals surface area (Å²) < 4.78 is 0. The predicted molar refractivity (Wildman–Crippen MR) is 51.5 cm³/mol. The average Bonchev–Trinajstić information content (AvgIpc) is 2.04. The number of hydrogen-bond donors (Lipinski definition) is 1. The van der Waals surface area contributed by atoms with Crippen molar-refractivity contribution in [3.05, 3.63) is 35.9 Å². The second-order valence-corrected chi connectivity index (χ2v) is 3.64. The second kappa shape index (κ2) is 3.71. The highest BCUT2D eigenvalue weighted by molar-refractivity contribution is 5.88. The second-order valence-electron chi connectivity index (χ2n) is 3.64. The largest absolute Gasteiger partial charge is 0.383 e. The van der Waals surface area contributed by atoms with Gasteiger partial charge in [0.2, 0.25) is 0 Å². The van der Waals surface area contributed by atoms with E-state index in [-0.39, 0.29) is 5.78 Å². The summed E-state index contributed by atoms with van der Waals surface area (Å²) in [5.41, 5.74) is -0.287. The molecule has 1 aromatic rings. The molecule has 2 heteroatoms. The van der Waals surface area contributed by atoms with E-state index in [4.69, 9.17) is 0 Å². The SMILES string of the molecule is CC(C)(O)C(=O)Cc1ccccc1. The smallest absolute Gasteiger partial charge is 0.168 e. The van der Waals surface area contributed by atoms with Crippen molar-refractivity contribution in [3.63, 3.8) is 0 Å². The van der Waals surface area contributed by atoms with Crippen molar-refractivity contribution in [3.8, 4) is 0 Å². The van der Waals surface area contributed by atoms with Crippen LogP contribution in [0.1, 0.15) is 19.4 Å². The Balaban J connectivity index is 2.66. The maximum Gasteiger partial charge on any atom is 0.168 e. The van der Waals surface area contributed by atoms with Crippen molar-refractivity contribution in [1.82, 2.24) is 0 Å². The molecule has 0 spiro atoms. The van der Waals surface area contributed by atoms with Gasteiger partial charge in [0.15, 0.2) is 5.78 Å². The molecule has 0 atom stereocenters. The van der Waals surface area contributed by atoms with Crippen LogP contribution in [0.15, 0.2) is 30.3 Å². The van der Waals surface area contributed by atoms with Crippen LogP contribution in [0.5, 0.6) is 0 Å². The Hall–Kier alpha value is -1.15. The van der Waals surface area contributed by atoms with Gasteiger partial charge in [-0.05, 0) is 19.4 Å². The van der Waals surface area contributed by atoms with Crippen molar-refractivity contribution in [2.45, 2.75) is 25.9 Å². The van der Waals surface area contributed by atoms with Gasteiger partial charge in [0.1, 0.15) is 5.60 Å². The molecule has 0 heterocycles. The Bertz CT molecular complexity index is 283. The number of ketones is 1. The maximum atomic E-state index is 11.4. The number of Topliss-reactive ketones (excluding diaryl/α,β-unsaturated/α-hetero) is 1. The minimum atomic E-state index is -1.23. The van der Waals surface area contributed by atoms with Crippen LogP contribution in [0.25, 0.3) is 0 Å². The highest BCUT2D eigenvalue weighted by Gasteiger charge is 2.23. The van der Waals surface area contributed by atoms with Gasteiger partial charge in [0, 0.05) is 6.42 Å². The van der Waals surface area contributed by atoms with Gasteiger partial charge in [-0.2, -0.15) is 0 Å². The first-order chi connectivity index (χ1) is 6.00. The fraction of sp³-hybridized carbons (Fsp3) is 0.364. The lowest BCUT2D eigenvalue weighted by Crippen LogP contribution is -2.32. The Morgan fingerprint density at radius 1 is 1.31 bits per heavy atom. The van der Waals surface area contributed by atoms with Gasteiger partial charge < -0.3 is 5.11 Å². The molecule has 0 radical (unpaired) electrons. The molecular weight excluding hydrogens is 164 g/mol. The minimum absolute atomic E-state index is 0.154. The third-order valence-corrected chi connectivity index (χ3v) is 1.89. The lowest BCUT2D eigenvalue weighted by Gasteiger charge is -2.14. The fourth-order valence-corrected chi connectivity index (χ4v) is 0.998. The van der Waals surface area contributed by atoms with E-state index in [9.17, 15) is 9.90 Å². The van der Waals surface area contributed by atoms with Crippen molar-refractivity contribution in [2.24, 2.45) is 0 Å². The Kier molecular flexibility index (Phi) is 2.83. The summed E-state index contributed by atoms with van der Waals surface area (Å²) in [7, 11) is 0. The zero-order valence-electron chi connectivity index (χ0n) is 7.95. The van der Waals surface area contributed by atoms with Crippen LogP contribution in [-0.4, -0.2) is 16.5 Å². The highest BCUT2D eigenvalue weighted by Crippen LogP contribution is 2.08. The molecule has 1 rings (SSSR count). The van der Waals surface area contributed by atoms with Crippen LogP contribution in [0, 0.1) is 0 Å². The summed E-state index contributed by atoms with van der Waals surface area (Å²) in [4.78, 5) is 11.4. The summed E-state index contributed by atoms with van der Waals surface area (Å²) in [5.74, 6) is -0.154. The molecule has 0 saturated heterocycles. The maximum absolute atomic E-state index is 11.4. The van der Waals surface area contributed by atoms with Crippen LogP contribution < -0.4 is 0 Å². The van der Waals surface area contributed by atoms with E-state index >= 15 is 0 Å². The molecule has 0 aromatic heterocycles. The normalized spacial score (nSPS) is 11.3. The predicted octanol–water partition coefficient (Wildman–Crippen LogP) is 1.57. The van der Waals surface area contributed by atoms with Crippen LogP contribution in [0.4, 0.5) is 0 Å². The molecule has 0 fully saturated rings. The summed E-state index contributed by atoms with van der Waals surface area (Å²) in [6.07, 6.45) is 0.296. The van der Waals surface area contributed by atoms with Crippen molar-refractivity contribution in [2.75, 3.05) is 0 Å². The lowest BCUT2D eigenvalue weighted by atomic mass is 9.97. The van der Waals surface area contributed by atoms with Gasteiger partial charge >= 0.3 is 0 Å². The van der Waals surface area contributed by atoms with E-state index in [1.165, 1.54) is 13.8 Å². The van der Waals surface area contributed by atoms with E-state index in [1.807, 2.05) is 30.3 Å². The quantitative estimate of drug-likeness (QED) is 0.762. The van der Waals surface area contributed by atoms with E-state index in [2.05, 4.69) is 0 Å². The number of rotatable bonds is 3. The summed E-state index contributed by atoms with van der Waals surface area (Å²) in [5, 5.41) is 9.40. The molecule has 0 saturated carbocycles. The van der Waals surface area contributed by atoms with Crippen molar-refractivity contribution >= 4 is 5.78 Å². The Morgan fingerprint density at radius 3 is 2.31 bits per heavy atom. The molecule has 0 unspecified atom stereocenters. The molecule has 0 aliphatic rings. The van der Waals surface area contributed by atoms with Gasteiger partial charge in [0.25, 0.3) is 0 Å². The lowest BCUT2D eigenvalue weighted by molar-refractivity contribution is -0.133. The van der Waals surface area contributed by atoms with E-state index < -0.39 is 5.60 Å². The third kappa shape index (κ3) is 2.99. The fourth-order valence-electron chi connectivity index (χ4n) is 0.998. The molecule has 1 aromatic carbocycles. The summed E-state index contributed by atoms with van der Waals surface area (Å²) >= 11 is 0. The number of benzene rings is 1. The number of aliphatic hydroxyl groups is 1. The van der Waals surface area contributed by atoms with E-state index in [0.29, 0.717) is 6.42 Å². The molecule has 0 amide bonds. The van der Waals surface area contributed by atoms with E-state index in [1.54, 1.807) is 0 Å². The van der Waals surface area contributed by atoms with Gasteiger partial charge in [-0.3, -0.25) is 4.79 Å². The zero-order valence-corrected chi connectivity index (χ0v) is 7.95. The Labute approximate surface area is 78.2 Å². The molecule has 13 heavy (non-hydrogen) atoms. The van der Waals surface area contributed by atoms with Crippen LogP contribution in [0.3, 0.4) is 0 Å². The standard InChI is InChI=1S/C11H14O2/c1-11(2,13)10(12)8-9-6-4-3-5-7-9/h3-7,13H,8H2,1-2H3. The van der Waals surface area contributed by atoms with Gasteiger partial charge in [-0.25, -0.2) is 0 Å². The minimum Gasteiger partial charge on any atom is -0.383 e. The summed E-state index contributed by atoms with van der Waals surface area (Å²) in [6, 6.07) is 9.42. The zero-order chi connectivity index (χ0) is 9.90. The molecule has 1 N–H and O–H groups in total. The van der Waals surface area contributed by atoms with Crippen LogP contribution in [0.2, 0.25) is 0 Å². The monoisotopic (exact) mass is 178 g/mol. The molecule has 70 valence electrons. The first-order valence-electron chi connectivity index (χ1n) is 4.30. The summed E-state index contributed by atoms with van der Waals surface area (Å²) in [6.45, 7) is 3.02. The van der Waals surface area contributed by atoms with Gasteiger partial charge in [-0.1, -0.05) is 30.3 Å². The van der Waals surface area contributed by atoms with Crippen LogP contribution >= 0.6 is 0 Å². The molecule has 2 nitrogen and oxygen atoms in total. The number of carbonyl (C=O) groups excluding carboxylic acids is 1.